The van der Waals surface area contributed by atoms with Gasteiger partial charge in [-0.25, -0.2) is 4.98 Å². The summed E-state index contributed by atoms with van der Waals surface area (Å²) >= 11 is 0. The van der Waals surface area contributed by atoms with Gasteiger partial charge < -0.3 is 15.0 Å². The number of methoxy groups -OCH3 is 1. The fraction of sp³-hybridized carbons (Fsp3) is 0.400. The van der Waals surface area contributed by atoms with E-state index in [-0.39, 0.29) is 0 Å². The minimum atomic E-state index is 0.446. The molecule has 0 fully saturated rings. The van der Waals surface area contributed by atoms with E-state index in [1.165, 1.54) is 11.1 Å². The predicted molar refractivity (Wildman–Crippen MR) is 77.3 cm³/mol. The Morgan fingerprint density at radius 1 is 1.21 bits per heavy atom. The number of hydrogen-bond acceptors (Lipinski definition) is 3. The maximum atomic E-state index is 5.81. The lowest BCUT2D eigenvalue weighted by Crippen LogP contribution is -2.02. The summed E-state index contributed by atoms with van der Waals surface area (Å²) in [6.45, 7) is 6.57. The zero-order valence-electron chi connectivity index (χ0n) is 12.2. The van der Waals surface area contributed by atoms with E-state index >= 15 is 0 Å². The van der Waals surface area contributed by atoms with Gasteiger partial charge in [-0.2, -0.15) is 0 Å². The zero-order valence-corrected chi connectivity index (χ0v) is 12.2. The molecule has 0 bridgehead atoms. The van der Waals surface area contributed by atoms with Crippen molar-refractivity contribution in [1.29, 1.82) is 0 Å². The number of ether oxygens (including phenoxy) is 1. The second-order valence-corrected chi connectivity index (χ2v) is 4.85. The Morgan fingerprint density at radius 2 is 1.89 bits per heavy atom. The van der Waals surface area contributed by atoms with Crippen molar-refractivity contribution in [2.24, 2.45) is 12.8 Å². The van der Waals surface area contributed by atoms with Gasteiger partial charge in [0.05, 0.1) is 18.5 Å². The largest absolute Gasteiger partial charge is 0.496 e. The van der Waals surface area contributed by atoms with Gasteiger partial charge in [-0.05, 0) is 44.0 Å². The van der Waals surface area contributed by atoms with E-state index in [0.29, 0.717) is 6.54 Å². The first-order valence-corrected chi connectivity index (χ1v) is 6.37. The molecular weight excluding hydrogens is 238 g/mol. The first-order chi connectivity index (χ1) is 8.99. The molecule has 2 rings (SSSR count). The Morgan fingerprint density at radius 3 is 2.47 bits per heavy atom. The molecule has 0 amide bonds. The third-order valence-corrected chi connectivity index (χ3v) is 3.58. The number of rotatable bonds is 3. The summed E-state index contributed by atoms with van der Waals surface area (Å²) in [6.07, 6.45) is 0. The highest BCUT2D eigenvalue weighted by molar-refractivity contribution is 5.69. The van der Waals surface area contributed by atoms with Crippen molar-refractivity contribution in [3.05, 3.63) is 34.8 Å². The van der Waals surface area contributed by atoms with Crippen molar-refractivity contribution in [3.63, 3.8) is 0 Å². The Labute approximate surface area is 114 Å². The van der Waals surface area contributed by atoms with Crippen LogP contribution in [0, 0.1) is 20.8 Å². The van der Waals surface area contributed by atoms with Crippen LogP contribution in [0.15, 0.2) is 12.1 Å². The number of imidazole rings is 1. The Kier molecular flexibility index (Phi) is 3.62. The summed E-state index contributed by atoms with van der Waals surface area (Å²) in [5, 5.41) is 0. The predicted octanol–water partition coefficient (Wildman–Crippen LogP) is 2.48. The fourth-order valence-corrected chi connectivity index (χ4v) is 2.42. The molecular formula is C15H21N3O. The molecule has 1 aromatic carbocycles. The van der Waals surface area contributed by atoms with Crippen molar-refractivity contribution in [2.45, 2.75) is 27.3 Å². The zero-order chi connectivity index (χ0) is 14.2. The van der Waals surface area contributed by atoms with Crippen molar-refractivity contribution >= 4 is 0 Å². The van der Waals surface area contributed by atoms with Gasteiger partial charge in [0.2, 0.25) is 0 Å². The van der Waals surface area contributed by atoms with Gasteiger partial charge in [0.15, 0.2) is 0 Å². The standard InChI is InChI=1S/C15H21N3O/c1-9-7-14(19-5)10(2)6-12(9)15-13(8-16)17-11(3)18(15)4/h6-7H,8,16H2,1-5H3. The van der Waals surface area contributed by atoms with Crippen LogP contribution >= 0.6 is 0 Å². The molecule has 4 heteroatoms. The highest BCUT2D eigenvalue weighted by atomic mass is 16.5. The number of nitrogens with zero attached hydrogens (tertiary/aromatic N) is 2. The molecule has 2 N–H and O–H groups in total. The van der Waals surface area contributed by atoms with Crippen LogP contribution in [0.1, 0.15) is 22.6 Å². The second-order valence-electron chi connectivity index (χ2n) is 4.85. The van der Waals surface area contributed by atoms with Crippen molar-refractivity contribution in [3.8, 4) is 17.0 Å². The number of nitrogens with two attached hydrogens (primary N) is 1. The number of aryl methyl sites for hydroxylation is 3. The van der Waals surface area contributed by atoms with Crippen LogP contribution in [0.3, 0.4) is 0 Å². The lowest BCUT2D eigenvalue weighted by atomic mass is 10.0. The minimum absolute atomic E-state index is 0.446. The highest BCUT2D eigenvalue weighted by Gasteiger charge is 2.16. The van der Waals surface area contributed by atoms with Gasteiger partial charge in [0.1, 0.15) is 11.6 Å². The van der Waals surface area contributed by atoms with Crippen molar-refractivity contribution < 1.29 is 4.74 Å². The third kappa shape index (κ3) is 2.24. The Bertz CT molecular complexity index is 614. The molecule has 0 atom stereocenters. The lowest BCUT2D eigenvalue weighted by Gasteiger charge is -2.13. The monoisotopic (exact) mass is 259 g/mol. The summed E-state index contributed by atoms with van der Waals surface area (Å²) < 4.78 is 7.46. The molecule has 0 radical (unpaired) electrons. The molecule has 1 heterocycles. The van der Waals surface area contributed by atoms with Crippen LogP contribution in [-0.2, 0) is 13.6 Å². The molecule has 0 aliphatic carbocycles. The van der Waals surface area contributed by atoms with E-state index < -0.39 is 0 Å². The summed E-state index contributed by atoms with van der Waals surface area (Å²) in [5.41, 5.74) is 11.3. The summed E-state index contributed by atoms with van der Waals surface area (Å²) in [5.74, 6) is 1.89. The van der Waals surface area contributed by atoms with E-state index in [1.54, 1.807) is 7.11 Å². The van der Waals surface area contributed by atoms with Gasteiger partial charge in [-0.15, -0.1) is 0 Å². The molecule has 0 spiro atoms. The quantitative estimate of drug-likeness (QED) is 0.921. The van der Waals surface area contributed by atoms with Crippen LogP contribution in [0.2, 0.25) is 0 Å². The molecule has 19 heavy (non-hydrogen) atoms. The molecule has 2 aromatic rings. The Balaban J connectivity index is 2.69. The van der Waals surface area contributed by atoms with Gasteiger partial charge in [-0.1, -0.05) is 0 Å². The van der Waals surface area contributed by atoms with Crippen LogP contribution < -0.4 is 10.5 Å². The average molecular weight is 259 g/mol. The highest BCUT2D eigenvalue weighted by Crippen LogP contribution is 2.32. The van der Waals surface area contributed by atoms with E-state index in [4.69, 9.17) is 10.5 Å². The average Bonchev–Trinajstić information content (AvgIpc) is 2.67. The molecule has 0 aliphatic heterocycles. The molecule has 4 nitrogen and oxygen atoms in total. The molecule has 102 valence electrons. The first kappa shape index (κ1) is 13.6. The number of hydrogen-bond donors (Lipinski definition) is 1. The van der Waals surface area contributed by atoms with Gasteiger partial charge >= 0.3 is 0 Å². The van der Waals surface area contributed by atoms with E-state index in [0.717, 1.165) is 28.5 Å². The van der Waals surface area contributed by atoms with Crippen molar-refractivity contribution in [1.82, 2.24) is 9.55 Å². The van der Waals surface area contributed by atoms with Crippen molar-refractivity contribution in [2.75, 3.05) is 7.11 Å². The van der Waals surface area contributed by atoms with E-state index in [2.05, 4.69) is 28.6 Å². The maximum absolute atomic E-state index is 5.81. The van der Waals surface area contributed by atoms with Crippen LogP contribution in [0.4, 0.5) is 0 Å². The maximum Gasteiger partial charge on any atom is 0.122 e. The topological polar surface area (TPSA) is 53.1 Å². The first-order valence-electron chi connectivity index (χ1n) is 6.37. The molecule has 0 saturated heterocycles. The molecule has 0 aliphatic rings. The lowest BCUT2D eigenvalue weighted by molar-refractivity contribution is 0.411. The number of benzene rings is 1. The van der Waals surface area contributed by atoms with Crippen LogP contribution in [-0.4, -0.2) is 16.7 Å². The SMILES string of the molecule is COc1cc(C)c(-c2c(CN)nc(C)n2C)cc1C. The summed E-state index contributed by atoms with van der Waals surface area (Å²) in [4.78, 5) is 4.53. The fourth-order valence-electron chi connectivity index (χ4n) is 2.42. The van der Waals surface area contributed by atoms with Gasteiger partial charge in [0.25, 0.3) is 0 Å². The van der Waals surface area contributed by atoms with Crippen LogP contribution in [0.5, 0.6) is 5.75 Å². The second kappa shape index (κ2) is 5.05. The summed E-state index contributed by atoms with van der Waals surface area (Å²) in [6, 6.07) is 4.21. The normalized spacial score (nSPS) is 10.8. The number of aromatic nitrogens is 2. The van der Waals surface area contributed by atoms with Gasteiger partial charge in [0, 0.05) is 19.2 Å². The van der Waals surface area contributed by atoms with E-state index in [1.807, 2.05) is 20.9 Å². The van der Waals surface area contributed by atoms with Crippen LogP contribution in [0.25, 0.3) is 11.3 Å². The summed E-state index contributed by atoms with van der Waals surface area (Å²) in [7, 11) is 3.72. The molecule has 0 unspecified atom stereocenters. The Hall–Kier alpha value is -1.81. The third-order valence-electron chi connectivity index (χ3n) is 3.58. The molecule has 0 saturated carbocycles. The molecule has 1 aromatic heterocycles. The van der Waals surface area contributed by atoms with E-state index in [9.17, 15) is 0 Å². The minimum Gasteiger partial charge on any atom is -0.496 e. The van der Waals surface area contributed by atoms with Gasteiger partial charge in [-0.3, -0.25) is 0 Å². The smallest absolute Gasteiger partial charge is 0.122 e.